The van der Waals surface area contributed by atoms with E-state index in [1.54, 1.807) is 37.3 Å². The zero-order chi connectivity index (χ0) is 26.8. The van der Waals surface area contributed by atoms with Crippen LogP contribution in [0.15, 0.2) is 69.8 Å². The van der Waals surface area contributed by atoms with Gasteiger partial charge in [0.25, 0.3) is 11.8 Å². The SMILES string of the molecule is COC(=O)C/C=C/C[S-](=O)=NC(=O)c1cnc(N)c(C#Cc2cccc(NC(=O)c3occc3C)c2)c1. The third-order valence-corrected chi connectivity index (χ3v) is 5.65. The van der Waals surface area contributed by atoms with Gasteiger partial charge in [0.15, 0.2) is 5.76 Å². The number of benzene rings is 1. The van der Waals surface area contributed by atoms with Crippen molar-refractivity contribution in [2.75, 3.05) is 23.9 Å². The van der Waals surface area contributed by atoms with Crippen LogP contribution in [-0.2, 0) is 24.3 Å². The van der Waals surface area contributed by atoms with Crippen molar-refractivity contribution in [1.82, 2.24) is 4.98 Å². The Hall–Kier alpha value is -4.69. The number of furan rings is 1. The summed E-state index contributed by atoms with van der Waals surface area (Å²) in [6.07, 6.45) is 5.67. The second-order valence-electron chi connectivity index (χ2n) is 7.51. The quantitative estimate of drug-likeness (QED) is 0.208. The number of pyridine rings is 1. The van der Waals surface area contributed by atoms with Gasteiger partial charge in [-0.1, -0.05) is 29.7 Å². The molecule has 0 spiro atoms. The number of nitrogens with one attached hydrogen (secondary N) is 1. The van der Waals surface area contributed by atoms with Crippen LogP contribution in [0, 0.1) is 18.8 Å². The highest BCUT2D eigenvalue weighted by molar-refractivity contribution is 7.75. The van der Waals surface area contributed by atoms with Gasteiger partial charge in [0, 0.05) is 23.0 Å². The van der Waals surface area contributed by atoms with Crippen LogP contribution in [-0.4, -0.2) is 35.6 Å². The number of nitrogens with zero attached hydrogens (tertiary/aromatic N) is 2. The van der Waals surface area contributed by atoms with E-state index >= 15 is 0 Å². The average molecular weight is 520 g/mol. The third kappa shape index (κ3) is 7.91. The Balaban J connectivity index is 1.71. The first-order valence-electron chi connectivity index (χ1n) is 10.9. The molecule has 0 saturated heterocycles. The lowest BCUT2D eigenvalue weighted by molar-refractivity contribution is -0.139. The number of aromatic nitrogens is 1. The van der Waals surface area contributed by atoms with Gasteiger partial charge in [0.2, 0.25) is 0 Å². The summed E-state index contributed by atoms with van der Waals surface area (Å²) >= 11 is 0. The number of nitrogen functional groups attached to an aromatic ring is 1. The lowest BCUT2D eigenvalue weighted by Gasteiger charge is -2.04. The Morgan fingerprint density at radius 3 is 2.76 bits per heavy atom. The highest BCUT2D eigenvalue weighted by Gasteiger charge is 2.12. The highest BCUT2D eigenvalue weighted by atomic mass is 32.2. The number of ether oxygens (including phenoxy) is 1. The number of hydrogen-bond donors (Lipinski definition) is 2. The molecule has 190 valence electrons. The molecule has 37 heavy (non-hydrogen) atoms. The molecule has 2 aromatic heterocycles. The van der Waals surface area contributed by atoms with Gasteiger partial charge < -0.3 is 28.8 Å². The first-order valence-corrected chi connectivity index (χ1v) is 12.1. The molecule has 2 amide bonds. The maximum atomic E-state index is 12.4. The molecule has 0 unspecified atom stereocenters. The van der Waals surface area contributed by atoms with Gasteiger partial charge in [-0.2, -0.15) is 10.6 Å². The average Bonchev–Trinajstić information content (AvgIpc) is 3.32. The van der Waals surface area contributed by atoms with E-state index < -0.39 is 22.5 Å². The van der Waals surface area contributed by atoms with Crippen LogP contribution in [0.1, 0.15) is 44.0 Å². The van der Waals surface area contributed by atoms with Crippen LogP contribution in [0.3, 0.4) is 0 Å². The van der Waals surface area contributed by atoms with Crippen molar-refractivity contribution in [3.63, 3.8) is 0 Å². The van der Waals surface area contributed by atoms with Crippen LogP contribution >= 0.6 is 0 Å². The van der Waals surface area contributed by atoms with Crippen molar-refractivity contribution in [3.05, 3.63) is 89.0 Å². The fraction of sp³-hybridized carbons (Fsp3) is 0.154. The Morgan fingerprint density at radius 2 is 2.03 bits per heavy atom. The van der Waals surface area contributed by atoms with E-state index in [1.165, 1.54) is 37.8 Å². The first kappa shape index (κ1) is 26.9. The summed E-state index contributed by atoms with van der Waals surface area (Å²) in [6.45, 7) is 1.77. The predicted octanol–water partition coefficient (Wildman–Crippen LogP) is 3.62. The molecule has 0 saturated carbocycles. The molecule has 0 aliphatic rings. The lowest BCUT2D eigenvalue weighted by atomic mass is 10.1. The third-order valence-electron chi connectivity index (χ3n) is 4.80. The fourth-order valence-electron chi connectivity index (χ4n) is 2.90. The zero-order valence-electron chi connectivity index (χ0n) is 20.0. The standard InChI is InChI=1S/C26H23N4O6S/c1-17-11-12-36-23(17)26(33)29-21-7-5-6-18(14-21)9-10-19-15-20(16-28-24(19)27)25(32)30-37(34)13-4-3-8-22(31)35-2/h3-7,11-12,14-16H,8,13H2,1-2H3,(H2,27,28)(H,29,33)/q-1/b4-3+. The minimum absolute atomic E-state index is 0.0322. The number of anilines is 2. The van der Waals surface area contributed by atoms with Gasteiger partial charge in [0.1, 0.15) is 5.82 Å². The minimum atomic E-state index is -1.83. The molecule has 3 aromatic rings. The van der Waals surface area contributed by atoms with E-state index in [4.69, 9.17) is 10.2 Å². The van der Waals surface area contributed by atoms with Crippen molar-refractivity contribution in [2.24, 2.45) is 4.36 Å². The van der Waals surface area contributed by atoms with Gasteiger partial charge in [-0.05, 0) is 37.3 Å². The molecule has 0 radical (unpaired) electrons. The monoisotopic (exact) mass is 519 g/mol. The maximum absolute atomic E-state index is 12.4. The van der Waals surface area contributed by atoms with E-state index in [0.29, 0.717) is 11.3 Å². The number of rotatable bonds is 7. The second kappa shape index (κ2) is 12.9. The van der Waals surface area contributed by atoms with E-state index in [-0.39, 0.29) is 40.8 Å². The predicted molar refractivity (Wildman–Crippen MR) is 138 cm³/mol. The Kier molecular flexibility index (Phi) is 9.35. The Bertz CT molecular complexity index is 1510. The van der Waals surface area contributed by atoms with E-state index in [1.807, 2.05) is 0 Å². The molecule has 3 N–H and O–H groups in total. The van der Waals surface area contributed by atoms with Gasteiger partial charge in [-0.3, -0.25) is 14.4 Å². The van der Waals surface area contributed by atoms with Crippen LogP contribution in [0.5, 0.6) is 0 Å². The normalized spacial score (nSPS) is 11.5. The molecule has 0 aliphatic heterocycles. The first-order chi connectivity index (χ1) is 17.8. The highest BCUT2D eigenvalue weighted by Crippen LogP contribution is 2.16. The molecule has 2 heterocycles. The molecule has 10 nitrogen and oxygen atoms in total. The molecule has 0 aliphatic carbocycles. The molecule has 1 aromatic carbocycles. The van der Waals surface area contributed by atoms with Crippen molar-refractivity contribution >= 4 is 39.9 Å². The summed E-state index contributed by atoms with van der Waals surface area (Å²) in [4.78, 5) is 39.8. The maximum Gasteiger partial charge on any atom is 0.309 e. The molecule has 3 rings (SSSR count). The van der Waals surface area contributed by atoms with E-state index in [9.17, 15) is 18.6 Å². The topological polar surface area (TPSA) is 154 Å². The number of esters is 1. The second-order valence-corrected chi connectivity index (χ2v) is 8.67. The summed E-state index contributed by atoms with van der Waals surface area (Å²) in [7, 11) is -0.566. The number of methoxy groups -OCH3 is 1. The van der Waals surface area contributed by atoms with Crippen LogP contribution in [0.25, 0.3) is 0 Å². The lowest BCUT2D eigenvalue weighted by Crippen LogP contribution is -2.12. The van der Waals surface area contributed by atoms with Gasteiger partial charge in [-0.25, -0.2) is 4.98 Å². The molecular formula is C26H23N4O6S-. The summed E-state index contributed by atoms with van der Waals surface area (Å²) in [6, 6.07) is 9.97. The number of aryl methyl sites for hydroxylation is 1. The van der Waals surface area contributed by atoms with Crippen molar-refractivity contribution in [3.8, 4) is 11.8 Å². The van der Waals surface area contributed by atoms with Gasteiger partial charge in [0.05, 0.1) is 30.9 Å². The number of hydrogen-bond acceptors (Lipinski definition) is 9. The molecule has 0 atom stereocenters. The summed E-state index contributed by atoms with van der Waals surface area (Å²) in [5, 5.41) is 2.75. The minimum Gasteiger partial charge on any atom is -0.469 e. The molecule has 11 heteroatoms. The number of carbonyl (C=O) groups excluding carboxylic acids is 3. The molecular weight excluding hydrogens is 496 g/mol. The van der Waals surface area contributed by atoms with Crippen LogP contribution in [0.4, 0.5) is 11.5 Å². The largest absolute Gasteiger partial charge is 0.469 e. The summed E-state index contributed by atoms with van der Waals surface area (Å²) in [5.74, 6) is 4.52. The van der Waals surface area contributed by atoms with Crippen LogP contribution < -0.4 is 11.1 Å². The van der Waals surface area contributed by atoms with Gasteiger partial charge in [-0.15, -0.1) is 6.08 Å². The van der Waals surface area contributed by atoms with E-state index in [2.05, 4.69) is 31.2 Å². The smallest absolute Gasteiger partial charge is 0.309 e. The van der Waals surface area contributed by atoms with Crippen molar-refractivity contribution < 1.29 is 27.7 Å². The Morgan fingerprint density at radius 1 is 1.22 bits per heavy atom. The molecule has 0 bridgehead atoms. The van der Waals surface area contributed by atoms with E-state index in [0.717, 1.165) is 5.56 Å². The number of nitrogens with two attached hydrogens (primary N) is 1. The van der Waals surface area contributed by atoms with Gasteiger partial charge >= 0.3 is 5.97 Å². The number of carbonyl (C=O) groups is 3. The fourth-order valence-corrected chi connectivity index (χ4v) is 3.56. The van der Waals surface area contributed by atoms with Crippen molar-refractivity contribution in [2.45, 2.75) is 13.3 Å². The number of amides is 2. The summed E-state index contributed by atoms with van der Waals surface area (Å²) < 4.78 is 25.4. The summed E-state index contributed by atoms with van der Waals surface area (Å²) in [5.41, 5.74) is 8.07. The Labute approximate surface area is 215 Å². The zero-order valence-corrected chi connectivity index (χ0v) is 20.8. The van der Waals surface area contributed by atoms with Crippen LogP contribution in [0.2, 0.25) is 0 Å². The van der Waals surface area contributed by atoms with Crippen molar-refractivity contribution in [1.29, 1.82) is 0 Å². The molecule has 0 fully saturated rings.